The zero-order valence-electron chi connectivity index (χ0n) is 20.9. The maximum absolute atomic E-state index is 13.3. The molecular formula is C31H26N4O3. The second kappa shape index (κ2) is 10.2. The van der Waals surface area contributed by atoms with Crippen molar-refractivity contribution in [2.24, 2.45) is 0 Å². The third-order valence-corrected chi connectivity index (χ3v) is 6.63. The number of hydrogen-bond acceptors (Lipinski definition) is 6. The fourth-order valence-corrected chi connectivity index (χ4v) is 4.86. The van der Waals surface area contributed by atoms with Crippen LogP contribution in [0.1, 0.15) is 29.7 Å². The van der Waals surface area contributed by atoms with Gasteiger partial charge in [-0.25, -0.2) is 9.48 Å². The molecule has 0 unspecified atom stereocenters. The molecule has 0 saturated heterocycles. The number of carbonyl (C=O) groups is 1. The predicted molar refractivity (Wildman–Crippen MR) is 147 cm³/mol. The lowest BCUT2D eigenvalue weighted by atomic mass is 9.93. The number of hydrogen-bond donors (Lipinski definition) is 1. The van der Waals surface area contributed by atoms with Crippen LogP contribution in [0.15, 0.2) is 109 Å². The van der Waals surface area contributed by atoms with Gasteiger partial charge in [0.1, 0.15) is 24.7 Å². The minimum atomic E-state index is -0.518. The molecule has 1 atom stereocenters. The lowest BCUT2D eigenvalue weighted by Crippen LogP contribution is -2.30. The van der Waals surface area contributed by atoms with Gasteiger partial charge in [-0.3, -0.25) is 0 Å². The molecule has 1 aromatic heterocycles. The highest BCUT2D eigenvalue weighted by Gasteiger charge is 2.36. The van der Waals surface area contributed by atoms with Crippen molar-refractivity contribution >= 4 is 28.4 Å². The van der Waals surface area contributed by atoms with E-state index in [2.05, 4.69) is 39.7 Å². The molecule has 5 aromatic rings. The molecule has 38 heavy (non-hydrogen) atoms. The largest absolute Gasteiger partial charge is 0.489 e. The number of ether oxygens (including phenoxy) is 2. The van der Waals surface area contributed by atoms with Crippen molar-refractivity contribution < 1.29 is 14.3 Å². The van der Waals surface area contributed by atoms with Crippen LogP contribution in [0.4, 0.5) is 5.95 Å². The van der Waals surface area contributed by atoms with Crippen molar-refractivity contribution in [2.45, 2.75) is 19.6 Å². The minimum absolute atomic E-state index is 0.266. The first-order chi connectivity index (χ1) is 18.7. The van der Waals surface area contributed by atoms with E-state index in [9.17, 15) is 4.79 Å². The molecule has 7 nitrogen and oxygen atoms in total. The van der Waals surface area contributed by atoms with E-state index >= 15 is 0 Å². The van der Waals surface area contributed by atoms with Gasteiger partial charge in [0.25, 0.3) is 0 Å². The summed E-state index contributed by atoms with van der Waals surface area (Å²) >= 11 is 0. The van der Waals surface area contributed by atoms with Crippen LogP contribution in [0.5, 0.6) is 5.75 Å². The van der Waals surface area contributed by atoms with Gasteiger partial charge in [0, 0.05) is 0 Å². The number of nitrogens with zero attached hydrogens (tertiary/aromatic N) is 3. The first-order valence-electron chi connectivity index (χ1n) is 12.6. The Kier molecular flexibility index (Phi) is 6.32. The zero-order valence-corrected chi connectivity index (χ0v) is 20.9. The summed E-state index contributed by atoms with van der Waals surface area (Å²) in [6.07, 6.45) is 1.48. The van der Waals surface area contributed by atoms with Gasteiger partial charge in [-0.05, 0) is 46.5 Å². The average molecular weight is 503 g/mol. The number of nitrogens with one attached hydrogen (secondary N) is 1. The molecule has 1 N–H and O–H groups in total. The number of aromatic nitrogens is 3. The summed E-state index contributed by atoms with van der Waals surface area (Å²) in [6, 6.07) is 31.5. The topological polar surface area (TPSA) is 78.3 Å². The Bertz CT molecular complexity index is 1620. The highest BCUT2D eigenvalue weighted by atomic mass is 16.5. The number of rotatable bonds is 7. The summed E-state index contributed by atoms with van der Waals surface area (Å²) < 4.78 is 13.4. The summed E-state index contributed by atoms with van der Waals surface area (Å²) in [7, 11) is 0. The van der Waals surface area contributed by atoms with Crippen LogP contribution in [0, 0.1) is 0 Å². The van der Waals surface area contributed by atoms with Crippen LogP contribution in [0.2, 0.25) is 0 Å². The van der Waals surface area contributed by atoms with Gasteiger partial charge in [0.2, 0.25) is 5.95 Å². The Hall–Kier alpha value is -4.91. The molecular weight excluding hydrogens is 476 g/mol. The third kappa shape index (κ3) is 4.39. The van der Waals surface area contributed by atoms with Gasteiger partial charge in [0.15, 0.2) is 0 Å². The van der Waals surface area contributed by atoms with Crippen molar-refractivity contribution in [3.63, 3.8) is 0 Å². The molecule has 0 fully saturated rings. The van der Waals surface area contributed by atoms with Crippen molar-refractivity contribution in [2.75, 3.05) is 11.9 Å². The van der Waals surface area contributed by atoms with E-state index in [0.717, 1.165) is 22.4 Å². The van der Waals surface area contributed by atoms with Crippen molar-refractivity contribution in [3.8, 4) is 5.75 Å². The highest BCUT2D eigenvalue weighted by Crippen LogP contribution is 2.39. The van der Waals surface area contributed by atoms with E-state index < -0.39 is 12.0 Å². The van der Waals surface area contributed by atoms with E-state index in [-0.39, 0.29) is 6.61 Å². The second-order valence-electron chi connectivity index (χ2n) is 8.93. The molecule has 0 saturated carbocycles. The third-order valence-electron chi connectivity index (χ3n) is 6.63. The Morgan fingerprint density at radius 2 is 1.68 bits per heavy atom. The highest BCUT2D eigenvalue weighted by molar-refractivity contribution is 6.02. The molecule has 6 rings (SSSR count). The molecule has 0 radical (unpaired) electrons. The first kappa shape index (κ1) is 23.5. The van der Waals surface area contributed by atoms with Crippen LogP contribution in [-0.4, -0.2) is 27.3 Å². The maximum Gasteiger partial charge on any atom is 0.338 e. The number of benzene rings is 4. The molecule has 0 aliphatic carbocycles. The fourth-order valence-electron chi connectivity index (χ4n) is 4.86. The van der Waals surface area contributed by atoms with Crippen LogP contribution >= 0.6 is 0 Å². The number of anilines is 1. The molecule has 2 heterocycles. The standard InChI is InChI=1S/C31H26N4O3/c1-2-37-30(36)27-28(22-10-4-3-5-11-22)34-31-32-20-33-35(31)29(27)23-15-17-25(18-16-23)38-19-24-13-8-12-21-9-6-7-14-26(21)24/h3-18,20,29H,2,19H2,1H3,(H,32,33,34)/t29-/m1/s1. The Morgan fingerprint density at radius 3 is 2.50 bits per heavy atom. The zero-order chi connectivity index (χ0) is 25.9. The van der Waals surface area contributed by atoms with Gasteiger partial charge in [0.05, 0.1) is 17.9 Å². The summed E-state index contributed by atoms with van der Waals surface area (Å²) in [5.41, 5.74) is 3.99. The monoisotopic (exact) mass is 502 g/mol. The smallest absolute Gasteiger partial charge is 0.338 e. The average Bonchev–Trinajstić information content (AvgIpc) is 3.44. The van der Waals surface area contributed by atoms with Gasteiger partial charge in [-0.2, -0.15) is 10.1 Å². The van der Waals surface area contributed by atoms with Crippen LogP contribution in [0.3, 0.4) is 0 Å². The van der Waals surface area contributed by atoms with E-state index in [1.54, 1.807) is 11.6 Å². The predicted octanol–water partition coefficient (Wildman–Crippen LogP) is 6.00. The summed E-state index contributed by atoms with van der Waals surface area (Å²) in [5.74, 6) is 0.888. The summed E-state index contributed by atoms with van der Waals surface area (Å²) in [5, 5.41) is 10.1. The van der Waals surface area contributed by atoms with E-state index in [0.29, 0.717) is 23.8 Å². The molecule has 7 heteroatoms. The quantitative estimate of drug-likeness (QED) is 0.275. The molecule has 188 valence electrons. The van der Waals surface area contributed by atoms with E-state index in [1.807, 2.05) is 72.8 Å². The fraction of sp³-hybridized carbons (Fsp3) is 0.129. The van der Waals surface area contributed by atoms with Gasteiger partial charge < -0.3 is 14.8 Å². The summed E-state index contributed by atoms with van der Waals surface area (Å²) in [4.78, 5) is 17.7. The lowest BCUT2D eigenvalue weighted by Gasteiger charge is -2.29. The van der Waals surface area contributed by atoms with Crippen molar-refractivity contribution in [1.82, 2.24) is 14.8 Å². The normalized spacial score (nSPS) is 14.6. The Balaban J connectivity index is 1.34. The molecule has 1 aliphatic heterocycles. The number of fused-ring (bicyclic) bond motifs is 2. The second-order valence-corrected chi connectivity index (χ2v) is 8.93. The molecule has 0 amide bonds. The van der Waals surface area contributed by atoms with Gasteiger partial charge in [-0.15, -0.1) is 0 Å². The van der Waals surface area contributed by atoms with Crippen LogP contribution in [0.25, 0.3) is 16.5 Å². The molecule has 1 aliphatic rings. The van der Waals surface area contributed by atoms with E-state index in [1.165, 1.54) is 17.1 Å². The van der Waals surface area contributed by atoms with Crippen molar-refractivity contribution in [1.29, 1.82) is 0 Å². The van der Waals surface area contributed by atoms with Crippen molar-refractivity contribution in [3.05, 3.63) is 126 Å². The molecule has 4 aromatic carbocycles. The Morgan fingerprint density at radius 1 is 0.921 bits per heavy atom. The summed E-state index contributed by atoms with van der Waals surface area (Å²) in [6.45, 7) is 2.52. The Labute approximate surface area is 220 Å². The van der Waals surface area contributed by atoms with Crippen LogP contribution in [-0.2, 0) is 16.1 Å². The molecule has 0 bridgehead atoms. The maximum atomic E-state index is 13.3. The number of esters is 1. The first-order valence-corrected chi connectivity index (χ1v) is 12.6. The lowest BCUT2D eigenvalue weighted by molar-refractivity contribution is -0.138. The molecule has 0 spiro atoms. The number of carbonyl (C=O) groups excluding carboxylic acids is 1. The van der Waals surface area contributed by atoms with Crippen LogP contribution < -0.4 is 10.1 Å². The SMILES string of the molecule is CCOC(=O)C1=C(c2ccccc2)Nc2ncnn2[C@@H]1c1ccc(OCc2cccc3ccccc23)cc1. The van der Waals surface area contributed by atoms with Gasteiger partial charge in [-0.1, -0.05) is 84.9 Å². The van der Waals surface area contributed by atoms with Gasteiger partial charge >= 0.3 is 5.97 Å². The van der Waals surface area contributed by atoms with E-state index in [4.69, 9.17) is 9.47 Å². The minimum Gasteiger partial charge on any atom is -0.489 e.